The lowest BCUT2D eigenvalue weighted by Crippen LogP contribution is -2.36. The predicted octanol–water partition coefficient (Wildman–Crippen LogP) is 4.01. The second-order valence-corrected chi connectivity index (χ2v) is 6.38. The molecule has 1 N–H and O–H groups in total. The SMILES string of the molecule is CCOc1cccc(CNC2CC(C)CC(C)C2)c1OC. The zero-order valence-electron chi connectivity index (χ0n) is 13.8. The normalized spacial score (nSPS) is 25.6. The highest BCUT2D eigenvalue weighted by Crippen LogP contribution is 2.32. The zero-order valence-corrected chi connectivity index (χ0v) is 13.8. The Balaban J connectivity index is 2.00. The highest BCUT2D eigenvalue weighted by atomic mass is 16.5. The Kier molecular flexibility index (Phi) is 5.92. The van der Waals surface area contributed by atoms with Gasteiger partial charge in [0.2, 0.25) is 0 Å². The fourth-order valence-corrected chi connectivity index (χ4v) is 3.57. The van der Waals surface area contributed by atoms with Gasteiger partial charge in [0.25, 0.3) is 0 Å². The Morgan fingerprint density at radius 1 is 1.14 bits per heavy atom. The van der Waals surface area contributed by atoms with E-state index in [9.17, 15) is 0 Å². The maximum atomic E-state index is 5.64. The van der Waals surface area contributed by atoms with Crippen molar-refractivity contribution in [3.8, 4) is 11.5 Å². The highest BCUT2D eigenvalue weighted by molar-refractivity contribution is 5.46. The lowest BCUT2D eigenvalue weighted by atomic mass is 9.80. The largest absolute Gasteiger partial charge is 0.493 e. The van der Waals surface area contributed by atoms with E-state index in [4.69, 9.17) is 9.47 Å². The first-order chi connectivity index (χ1) is 10.1. The van der Waals surface area contributed by atoms with Crippen LogP contribution < -0.4 is 14.8 Å². The van der Waals surface area contributed by atoms with Crippen molar-refractivity contribution in [2.24, 2.45) is 11.8 Å². The van der Waals surface area contributed by atoms with E-state index < -0.39 is 0 Å². The summed E-state index contributed by atoms with van der Waals surface area (Å²) in [6.07, 6.45) is 3.91. The number of rotatable bonds is 6. The summed E-state index contributed by atoms with van der Waals surface area (Å²) in [5.41, 5.74) is 1.18. The van der Waals surface area contributed by atoms with Crippen LogP contribution in [-0.2, 0) is 6.54 Å². The minimum atomic E-state index is 0.615. The molecule has 0 aliphatic heterocycles. The topological polar surface area (TPSA) is 30.5 Å². The van der Waals surface area contributed by atoms with E-state index in [1.54, 1.807) is 7.11 Å². The molecule has 1 fully saturated rings. The van der Waals surface area contributed by atoms with Crippen LogP contribution in [0, 0.1) is 11.8 Å². The molecule has 2 unspecified atom stereocenters. The molecule has 2 rings (SSSR count). The molecule has 0 aromatic heterocycles. The molecule has 1 aromatic carbocycles. The Morgan fingerprint density at radius 2 is 1.86 bits per heavy atom. The summed E-state index contributed by atoms with van der Waals surface area (Å²) in [6, 6.07) is 6.74. The molecule has 0 heterocycles. The molecular weight excluding hydrogens is 262 g/mol. The Morgan fingerprint density at radius 3 is 2.48 bits per heavy atom. The third kappa shape index (κ3) is 4.37. The molecule has 2 atom stereocenters. The minimum absolute atomic E-state index is 0.615. The maximum Gasteiger partial charge on any atom is 0.165 e. The van der Waals surface area contributed by atoms with Crippen molar-refractivity contribution in [2.45, 2.75) is 52.6 Å². The molecule has 0 amide bonds. The summed E-state index contributed by atoms with van der Waals surface area (Å²) >= 11 is 0. The predicted molar refractivity (Wildman–Crippen MR) is 87.0 cm³/mol. The molecule has 3 heteroatoms. The van der Waals surface area contributed by atoms with Crippen LogP contribution in [0.3, 0.4) is 0 Å². The first-order valence-electron chi connectivity index (χ1n) is 8.16. The first-order valence-corrected chi connectivity index (χ1v) is 8.16. The fourth-order valence-electron chi connectivity index (χ4n) is 3.57. The van der Waals surface area contributed by atoms with Crippen LogP contribution in [0.2, 0.25) is 0 Å². The minimum Gasteiger partial charge on any atom is -0.493 e. The van der Waals surface area contributed by atoms with Gasteiger partial charge in [-0.15, -0.1) is 0 Å². The summed E-state index contributed by atoms with van der Waals surface area (Å²) in [5, 5.41) is 3.71. The van der Waals surface area contributed by atoms with Crippen LogP contribution >= 0.6 is 0 Å². The molecule has 0 saturated heterocycles. The summed E-state index contributed by atoms with van der Waals surface area (Å²) in [4.78, 5) is 0. The summed E-state index contributed by atoms with van der Waals surface area (Å²) in [5.74, 6) is 3.35. The molecule has 0 radical (unpaired) electrons. The Hall–Kier alpha value is -1.22. The van der Waals surface area contributed by atoms with Gasteiger partial charge in [-0.2, -0.15) is 0 Å². The molecule has 0 bridgehead atoms. The summed E-state index contributed by atoms with van der Waals surface area (Å²) in [7, 11) is 1.71. The highest BCUT2D eigenvalue weighted by Gasteiger charge is 2.23. The van der Waals surface area contributed by atoms with Gasteiger partial charge >= 0.3 is 0 Å². The van der Waals surface area contributed by atoms with E-state index in [1.807, 2.05) is 19.1 Å². The van der Waals surface area contributed by atoms with Crippen LogP contribution in [0.4, 0.5) is 0 Å². The van der Waals surface area contributed by atoms with Crippen molar-refractivity contribution < 1.29 is 9.47 Å². The number of hydrogen-bond donors (Lipinski definition) is 1. The van der Waals surface area contributed by atoms with Crippen molar-refractivity contribution in [3.05, 3.63) is 23.8 Å². The molecule has 0 spiro atoms. The van der Waals surface area contributed by atoms with Gasteiger partial charge < -0.3 is 14.8 Å². The van der Waals surface area contributed by atoms with Crippen molar-refractivity contribution in [1.82, 2.24) is 5.32 Å². The zero-order chi connectivity index (χ0) is 15.2. The Bertz CT molecular complexity index is 437. The molecule has 1 aliphatic carbocycles. The fraction of sp³-hybridized carbons (Fsp3) is 0.667. The molecule has 1 aliphatic rings. The van der Waals surface area contributed by atoms with Crippen molar-refractivity contribution in [2.75, 3.05) is 13.7 Å². The number of hydrogen-bond acceptors (Lipinski definition) is 3. The first kappa shape index (κ1) is 16.2. The van der Waals surface area contributed by atoms with Crippen LogP contribution in [0.15, 0.2) is 18.2 Å². The maximum absolute atomic E-state index is 5.64. The van der Waals surface area contributed by atoms with E-state index in [2.05, 4.69) is 25.2 Å². The van der Waals surface area contributed by atoms with Gasteiger partial charge in [0, 0.05) is 18.2 Å². The van der Waals surface area contributed by atoms with Crippen LogP contribution in [0.1, 0.15) is 45.6 Å². The number of para-hydroxylation sites is 1. The average molecular weight is 291 g/mol. The van der Waals surface area contributed by atoms with Crippen molar-refractivity contribution in [3.63, 3.8) is 0 Å². The van der Waals surface area contributed by atoms with Gasteiger partial charge in [0.15, 0.2) is 11.5 Å². The third-order valence-electron chi connectivity index (χ3n) is 4.32. The van der Waals surface area contributed by atoms with Gasteiger partial charge in [-0.05, 0) is 44.1 Å². The molecule has 3 nitrogen and oxygen atoms in total. The Labute approximate surface area is 129 Å². The van der Waals surface area contributed by atoms with Gasteiger partial charge in [0.05, 0.1) is 13.7 Å². The van der Waals surface area contributed by atoms with Gasteiger partial charge in [0.1, 0.15) is 0 Å². The van der Waals surface area contributed by atoms with Crippen molar-refractivity contribution >= 4 is 0 Å². The smallest absolute Gasteiger partial charge is 0.165 e. The quantitative estimate of drug-likeness (QED) is 0.859. The third-order valence-corrected chi connectivity index (χ3v) is 4.32. The molecule has 1 aromatic rings. The van der Waals surface area contributed by atoms with Crippen LogP contribution in [0.5, 0.6) is 11.5 Å². The van der Waals surface area contributed by atoms with Gasteiger partial charge in [-0.25, -0.2) is 0 Å². The number of benzene rings is 1. The summed E-state index contributed by atoms with van der Waals surface area (Å²) < 4.78 is 11.2. The van der Waals surface area contributed by atoms with Gasteiger partial charge in [-0.1, -0.05) is 26.0 Å². The second-order valence-electron chi connectivity index (χ2n) is 6.38. The molecule has 118 valence electrons. The van der Waals surface area contributed by atoms with Gasteiger partial charge in [-0.3, -0.25) is 0 Å². The number of nitrogens with one attached hydrogen (secondary N) is 1. The lowest BCUT2D eigenvalue weighted by Gasteiger charge is -2.32. The van der Waals surface area contributed by atoms with E-state index in [0.29, 0.717) is 12.6 Å². The molecule has 1 saturated carbocycles. The van der Waals surface area contributed by atoms with E-state index in [-0.39, 0.29) is 0 Å². The summed E-state index contributed by atoms with van der Waals surface area (Å²) in [6.45, 7) is 8.22. The van der Waals surface area contributed by atoms with Crippen LogP contribution in [-0.4, -0.2) is 19.8 Å². The number of methoxy groups -OCH3 is 1. The second kappa shape index (κ2) is 7.69. The molecule has 21 heavy (non-hydrogen) atoms. The van der Waals surface area contributed by atoms with E-state index in [0.717, 1.165) is 29.9 Å². The van der Waals surface area contributed by atoms with E-state index >= 15 is 0 Å². The molecular formula is C18H29NO2. The monoisotopic (exact) mass is 291 g/mol. The average Bonchev–Trinajstić information content (AvgIpc) is 2.44. The van der Waals surface area contributed by atoms with Crippen molar-refractivity contribution in [1.29, 1.82) is 0 Å². The standard InChI is InChI=1S/C18H29NO2/c1-5-21-17-8-6-7-15(18(17)20-4)12-19-16-10-13(2)9-14(3)11-16/h6-8,13-14,16,19H,5,9-12H2,1-4H3. The van der Waals surface area contributed by atoms with E-state index in [1.165, 1.54) is 24.8 Å². The lowest BCUT2D eigenvalue weighted by molar-refractivity contribution is 0.237. The number of ether oxygens (including phenoxy) is 2. The van der Waals surface area contributed by atoms with Crippen LogP contribution in [0.25, 0.3) is 0 Å².